The number of pyridine rings is 1. The molecule has 2 heterocycles. The Morgan fingerprint density at radius 3 is 2.64 bits per heavy atom. The molecule has 2 aromatic rings. The molecule has 1 atom stereocenters. The van der Waals surface area contributed by atoms with E-state index in [-0.39, 0.29) is 23.2 Å². The largest absolute Gasteiger partial charge is 0.487 e. The molecule has 1 aromatic carbocycles. The van der Waals surface area contributed by atoms with E-state index in [2.05, 4.69) is 10.3 Å². The molecule has 130 valence electrons. The fourth-order valence-corrected chi connectivity index (χ4v) is 3.08. The van der Waals surface area contributed by atoms with Gasteiger partial charge in [0.25, 0.3) is 5.91 Å². The quantitative estimate of drug-likeness (QED) is 0.896. The van der Waals surface area contributed by atoms with Crippen molar-refractivity contribution < 1.29 is 19.4 Å². The first-order valence-electron chi connectivity index (χ1n) is 8.06. The average molecular weight is 340 g/mol. The van der Waals surface area contributed by atoms with Crippen LogP contribution in [0.2, 0.25) is 0 Å². The number of hydrogen-bond acceptors (Lipinski definition) is 4. The van der Waals surface area contributed by atoms with E-state index in [1.165, 1.54) is 12.1 Å². The molecule has 0 fully saturated rings. The second-order valence-electron chi connectivity index (χ2n) is 6.76. The summed E-state index contributed by atoms with van der Waals surface area (Å²) < 4.78 is 5.97. The van der Waals surface area contributed by atoms with Crippen molar-refractivity contribution >= 4 is 11.9 Å². The van der Waals surface area contributed by atoms with Crippen molar-refractivity contribution in [3.05, 3.63) is 58.9 Å². The molecule has 0 spiro atoms. The van der Waals surface area contributed by atoms with Gasteiger partial charge in [-0.15, -0.1) is 0 Å². The first-order valence-corrected chi connectivity index (χ1v) is 8.06. The summed E-state index contributed by atoms with van der Waals surface area (Å²) >= 11 is 0. The smallest absolute Gasteiger partial charge is 0.337 e. The number of aromatic nitrogens is 1. The fourth-order valence-electron chi connectivity index (χ4n) is 3.08. The molecule has 1 aliphatic heterocycles. The highest BCUT2D eigenvalue weighted by molar-refractivity contribution is 5.94. The number of carboxylic acid groups (broad SMARTS) is 1. The van der Waals surface area contributed by atoms with Gasteiger partial charge < -0.3 is 15.2 Å². The number of para-hydroxylation sites is 1. The third-order valence-corrected chi connectivity index (χ3v) is 4.23. The number of hydrogen-bond donors (Lipinski definition) is 2. The number of fused-ring (bicyclic) bond motifs is 1. The van der Waals surface area contributed by atoms with Crippen molar-refractivity contribution in [2.75, 3.05) is 0 Å². The zero-order valence-corrected chi connectivity index (χ0v) is 14.4. The van der Waals surface area contributed by atoms with Crippen LogP contribution in [0, 0.1) is 6.92 Å². The lowest BCUT2D eigenvalue weighted by Crippen LogP contribution is -2.41. The molecule has 0 radical (unpaired) electrons. The van der Waals surface area contributed by atoms with E-state index in [1.807, 2.05) is 38.1 Å². The van der Waals surface area contributed by atoms with Crippen LogP contribution < -0.4 is 10.1 Å². The van der Waals surface area contributed by atoms with Crippen LogP contribution in [-0.2, 0) is 0 Å². The predicted octanol–water partition coefficient (Wildman–Crippen LogP) is 3.12. The van der Waals surface area contributed by atoms with Gasteiger partial charge in [-0.25, -0.2) is 9.78 Å². The van der Waals surface area contributed by atoms with Crippen molar-refractivity contribution in [1.82, 2.24) is 10.3 Å². The second-order valence-corrected chi connectivity index (χ2v) is 6.76. The molecule has 1 unspecified atom stereocenters. The molecular weight excluding hydrogens is 320 g/mol. The Morgan fingerprint density at radius 2 is 1.96 bits per heavy atom. The van der Waals surface area contributed by atoms with Crippen LogP contribution in [0.4, 0.5) is 0 Å². The number of carbonyl (C=O) groups is 2. The summed E-state index contributed by atoms with van der Waals surface area (Å²) in [5.74, 6) is -0.635. The average Bonchev–Trinajstić information content (AvgIpc) is 2.53. The number of carbonyl (C=O) groups excluding carboxylic acids is 1. The van der Waals surface area contributed by atoms with Crippen molar-refractivity contribution in [1.29, 1.82) is 0 Å². The van der Waals surface area contributed by atoms with Gasteiger partial charge >= 0.3 is 5.97 Å². The summed E-state index contributed by atoms with van der Waals surface area (Å²) in [6.07, 6.45) is 0.627. The molecule has 1 amide bonds. The minimum absolute atomic E-state index is 0.0918. The molecule has 2 N–H and O–H groups in total. The lowest BCUT2D eigenvalue weighted by Gasteiger charge is -2.37. The fraction of sp³-hybridized carbons (Fsp3) is 0.316. The lowest BCUT2D eigenvalue weighted by molar-refractivity contribution is 0.0616. The molecule has 0 saturated heterocycles. The van der Waals surface area contributed by atoms with E-state index in [1.54, 1.807) is 6.92 Å². The maximum atomic E-state index is 12.6. The Balaban J connectivity index is 1.86. The van der Waals surface area contributed by atoms with Crippen molar-refractivity contribution in [3.8, 4) is 5.75 Å². The third-order valence-electron chi connectivity index (χ3n) is 4.23. The van der Waals surface area contributed by atoms with Crippen molar-refractivity contribution in [2.45, 2.75) is 38.8 Å². The van der Waals surface area contributed by atoms with Crippen LogP contribution in [0.1, 0.15) is 58.4 Å². The Kier molecular flexibility index (Phi) is 4.20. The summed E-state index contributed by atoms with van der Waals surface area (Å²) in [7, 11) is 0. The van der Waals surface area contributed by atoms with E-state index in [0.717, 1.165) is 11.3 Å². The Bertz CT molecular complexity index is 845. The number of benzene rings is 1. The van der Waals surface area contributed by atoms with E-state index >= 15 is 0 Å². The highest BCUT2D eigenvalue weighted by atomic mass is 16.5. The van der Waals surface area contributed by atoms with Gasteiger partial charge in [0.1, 0.15) is 17.0 Å². The standard InChI is InChI=1S/C19H20N2O4/c1-11-12(18(23)24)8-9-14(20-11)17(22)21-15-10-19(2,3)25-16-7-5-4-6-13(15)16/h4-9,15H,10H2,1-3H3,(H,21,22)(H,23,24). The van der Waals surface area contributed by atoms with Gasteiger partial charge in [-0.2, -0.15) is 0 Å². The summed E-state index contributed by atoms with van der Waals surface area (Å²) in [5, 5.41) is 12.1. The third kappa shape index (κ3) is 3.47. The molecule has 1 aliphatic rings. The number of carboxylic acids is 1. The Morgan fingerprint density at radius 1 is 1.24 bits per heavy atom. The number of ether oxygens (including phenoxy) is 1. The minimum Gasteiger partial charge on any atom is -0.487 e. The normalized spacial score (nSPS) is 18.0. The number of aromatic carboxylic acids is 1. The first-order chi connectivity index (χ1) is 11.8. The summed E-state index contributed by atoms with van der Waals surface area (Å²) in [5.41, 5.74) is 1.13. The molecule has 1 aromatic heterocycles. The molecule has 3 rings (SSSR count). The molecule has 0 aliphatic carbocycles. The molecule has 0 bridgehead atoms. The van der Waals surface area contributed by atoms with Crippen LogP contribution >= 0.6 is 0 Å². The predicted molar refractivity (Wildman–Crippen MR) is 91.9 cm³/mol. The van der Waals surface area contributed by atoms with Gasteiger partial charge in [0.05, 0.1) is 17.3 Å². The molecule has 25 heavy (non-hydrogen) atoms. The van der Waals surface area contributed by atoms with E-state index in [0.29, 0.717) is 12.1 Å². The van der Waals surface area contributed by atoms with E-state index < -0.39 is 11.6 Å². The van der Waals surface area contributed by atoms with Crippen LogP contribution in [0.3, 0.4) is 0 Å². The highest BCUT2D eigenvalue weighted by Crippen LogP contribution is 2.39. The van der Waals surface area contributed by atoms with Gasteiger partial charge in [0, 0.05) is 12.0 Å². The number of nitrogens with zero attached hydrogens (tertiary/aromatic N) is 1. The summed E-state index contributed by atoms with van der Waals surface area (Å²) in [6, 6.07) is 10.3. The number of aryl methyl sites for hydroxylation is 1. The summed E-state index contributed by atoms with van der Waals surface area (Å²) in [6.45, 7) is 5.53. The monoisotopic (exact) mass is 340 g/mol. The van der Waals surface area contributed by atoms with Crippen LogP contribution in [0.5, 0.6) is 5.75 Å². The van der Waals surface area contributed by atoms with Crippen LogP contribution in [0.25, 0.3) is 0 Å². The number of nitrogens with one attached hydrogen (secondary N) is 1. The minimum atomic E-state index is -1.06. The maximum Gasteiger partial charge on any atom is 0.337 e. The second kappa shape index (κ2) is 6.20. The SMILES string of the molecule is Cc1nc(C(=O)NC2CC(C)(C)Oc3ccccc32)ccc1C(=O)O. The molecule has 6 heteroatoms. The van der Waals surface area contributed by atoms with E-state index in [9.17, 15) is 9.59 Å². The van der Waals surface area contributed by atoms with Gasteiger partial charge in [-0.1, -0.05) is 18.2 Å². The van der Waals surface area contributed by atoms with Crippen molar-refractivity contribution in [2.24, 2.45) is 0 Å². The lowest BCUT2D eigenvalue weighted by atomic mass is 9.89. The Hall–Kier alpha value is -2.89. The molecule has 6 nitrogen and oxygen atoms in total. The first kappa shape index (κ1) is 17.0. The summed E-state index contributed by atoms with van der Waals surface area (Å²) in [4.78, 5) is 27.8. The Labute approximate surface area is 145 Å². The molecule has 0 saturated carbocycles. The zero-order valence-electron chi connectivity index (χ0n) is 14.4. The topological polar surface area (TPSA) is 88.5 Å². The van der Waals surface area contributed by atoms with Gasteiger partial charge in [-0.3, -0.25) is 4.79 Å². The maximum absolute atomic E-state index is 12.6. The number of rotatable bonds is 3. The zero-order chi connectivity index (χ0) is 18.2. The van der Waals surface area contributed by atoms with Crippen molar-refractivity contribution in [3.63, 3.8) is 0 Å². The van der Waals surface area contributed by atoms with Gasteiger partial charge in [0.2, 0.25) is 0 Å². The highest BCUT2D eigenvalue weighted by Gasteiger charge is 2.34. The van der Waals surface area contributed by atoms with E-state index in [4.69, 9.17) is 9.84 Å². The molecular formula is C19H20N2O4. The van der Waals surface area contributed by atoms with Crippen LogP contribution in [-0.4, -0.2) is 27.6 Å². The number of amides is 1. The van der Waals surface area contributed by atoms with Gasteiger partial charge in [-0.05, 0) is 39.0 Å². The van der Waals surface area contributed by atoms with Gasteiger partial charge in [0.15, 0.2) is 0 Å². The van der Waals surface area contributed by atoms with Crippen LogP contribution in [0.15, 0.2) is 36.4 Å².